The van der Waals surface area contributed by atoms with Gasteiger partial charge in [-0.1, -0.05) is 18.2 Å². The fraction of sp³-hybridized carbons (Fsp3) is 0.0769. The maximum Gasteiger partial charge on any atom is 0.176 e. The van der Waals surface area contributed by atoms with Gasteiger partial charge < -0.3 is 9.15 Å². The van der Waals surface area contributed by atoms with E-state index in [9.17, 15) is 0 Å². The van der Waals surface area contributed by atoms with Crippen molar-refractivity contribution in [3.05, 3.63) is 54.0 Å². The van der Waals surface area contributed by atoms with Crippen LogP contribution in [0.2, 0.25) is 0 Å². The second-order valence-corrected chi connectivity index (χ2v) is 3.01. The summed E-state index contributed by atoms with van der Waals surface area (Å²) in [4.78, 5) is 0. The lowest BCUT2D eigenvalue weighted by atomic mass is 10.3. The average molecular weight is 198 g/mol. The van der Waals surface area contributed by atoms with E-state index in [4.69, 9.17) is 15.6 Å². The first-order valence-electron chi connectivity index (χ1n) is 4.61. The van der Waals surface area contributed by atoms with Crippen molar-refractivity contribution in [3.8, 4) is 18.1 Å². The number of terminal acetylenes is 1. The number of benzene rings is 1. The molecule has 2 nitrogen and oxygen atoms in total. The van der Waals surface area contributed by atoms with Crippen LogP contribution < -0.4 is 4.74 Å². The van der Waals surface area contributed by atoms with E-state index in [1.807, 2.05) is 36.4 Å². The summed E-state index contributed by atoms with van der Waals surface area (Å²) in [7, 11) is 0. The number of rotatable bonds is 3. The first-order chi connectivity index (χ1) is 7.38. The highest BCUT2D eigenvalue weighted by Gasteiger charge is 2.00. The van der Waals surface area contributed by atoms with E-state index in [1.54, 1.807) is 6.07 Å². The van der Waals surface area contributed by atoms with Crippen molar-refractivity contribution in [2.24, 2.45) is 0 Å². The van der Waals surface area contributed by atoms with Crippen LogP contribution in [0.15, 0.2) is 46.9 Å². The molecule has 2 aromatic rings. The van der Waals surface area contributed by atoms with Gasteiger partial charge in [-0.15, -0.1) is 6.42 Å². The lowest BCUT2D eigenvalue weighted by Gasteiger charge is -2.02. The second kappa shape index (κ2) is 4.39. The van der Waals surface area contributed by atoms with Gasteiger partial charge in [-0.05, 0) is 30.2 Å². The Morgan fingerprint density at radius 3 is 2.60 bits per heavy atom. The summed E-state index contributed by atoms with van der Waals surface area (Å²) in [5, 5.41) is 0. The smallest absolute Gasteiger partial charge is 0.176 e. The monoisotopic (exact) mass is 198 g/mol. The van der Waals surface area contributed by atoms with Gasteiger partial charge in [-0.25, -0.2) is 0 Å². The first-order valence-corrected chi connectivity index (χ1v) is 4.61. The number of ether oxygens (including phenoxy) is 1. The molecule has 0 aliphatic carbocycles. The van der Waals surface area contributed by atoms with Gasteiger partial charge >= 0.3 is 0 Å². The second-order valence-electron chi connectivity index (χ2n) is 3.01. The first kappa shape index (κ1) is 9.42. The molecule has 15 heavy (non-hydrogen) atoms. The van der Waals surface area contributed by atoms with Gasteiger partial charge in [0.1, 0.15) is 18.1 Å². The Bertz CT molecular complexity index is 463. The molecule has 0 bridgehead atoms. The standard InChI is InChI=1S/C13H10O2/c1-2-11-8-9-13(15-11)10-14-12-6-4-3-5-7-12/h1,3-9H,10H2. The Hall–Kier alpha value is -2.14. The van der Waals surface area contributed by atoms with E-state index in [0.29, 0.717) is 12.4 Å². The average Bonchev–Trinajstić information content (AvgIpc) is 2.76. The van der Waals surface area contributed by atoms with Crippen LogP contribution in [-0.2, 0) is 6.61 Å². The predicted octanol–water partition coefficient (Wildman–Crippen LogP) is 2.84. The van der Waals surface area contributed by atoms with Crippen molar-refractivity contribution >= 4 is 0 Å². The van der Waals surface area contributed by atoms with Gasteiger partial charge in [-0.2, -0.15) is 0 Å². The summed E-state index contributed by atoms with van der Waals surface area (Å²) < 4.78 is 10.8. The summed E-state index contributed by atoms with van der Waals surface area (Å²) in [5.74, 6) is 4.50. The van der Waals surface area contributed by atoms with Crippen molar-refractivity contribution < 1.29 is 9.15 Å². The molecule has 0 N–H and O–H groups in total. The van der Waals surface area contributed by atoms with E-state index in [1.165, 1.54) is 0 Å². The van der Waals surface area contributed by atoms with Crippen LogP contribution in [0, 0.1) is 12.3 Å². The normalized spacial score (nSPS) is 9.53. The molecule has 74 valence electrons. The molecule has 0 fully saturated rings. The maximum atomic E-state index is 5.49. The molecule has 0 aliphatic heterocycles. The van der Waals surface area contributed by atoms with Crippen LogP contribution in [-0.4, -0.2) is 0 Å². The lowest BCUT2D eigenvalue weighted by molar-refractivity contribution is 0.269. The Morgan fingerprint density at radius 1 is 1.13 bits per heavy atom. The Morgan fingerprint density at radius 2 is 1.93 bits per heavy atom. The molecule has 0 spiro atoms. The summed E-state index contributed by atoms with van der Waals surface area (Å²) in [5.41, 5.74) is 0. The molecule has 0 aliphatic rings. The van der Waals surface area contributed by atoms with E-state index >= 15 is 0 Å². The maximum absolute atomic E-state index is 5.49. The van der Waals surface area contributed by atoms with Crippen LogP contribution in [0.4, 0.5) is 0 Å². The zero-order valence-electron chi connectivity index (χ0n) is 8.14. The van der Waals surface area contributed by atoms with Crippen molar-refractivity contribution in [1.29, 1.82) is 0 Å². The number of para-hydroxylation sites is 1. The number of hydrogen-bond acceptors (Lipinski definition) is 2. The third-order valence-electron chi connectivity index (χ3n) is 1.93. The van der Waals surface area contributed by atoms with E-state index in [0.717, 1.165) is 11.5 Å². The SMILES string of the molecule is C#Cc1ccc(COc2ccccc2)o1. The van der Waals surface area contributed by atoms with Crippen LogP contribution in [0.25, 0.3) is 0 Å². The fourth-order valence-electron chi connectivity index (χ4n) is 1.20. The minimum absolute atomic E-state index is 0.395. The van der Waals surface area contributed by atoms with Crippen LogP contribution >= 0.6 is 0 Å². The third-order valence-corrected chi connectivity index (χ3v) is 1.93. The fourth-order valence-corrected chi connectivity index (χ4v) is 1.20. The largest absolute Gasteiger partial charge is 0.486 e. The number of furan rings is 1. The molecule has 2 rings (SSSR count). The van der Waals surface area contributed by atoms with Crippen LogP contribution in [0.3, 0.4) is 0 Å². The zero-order chi connectivity index (χ0) is 10.5. The molecule has 1 heterocycles. The molecule has 0 amide bonds. The highest BCUT2D eigenvalue weighted by molar-refractivity contribution is 5.24. The molecule has 0 radical (unpaired) electrons. The van der Waals surface area contributed by atoms with Crippen molar-refractivity contribution in [3.63, 3.8) is 0 Å². The van der Waals surface area contributed by atoms with Gasteiger partial charge in [-0.3, -0.25) is 0 Å². The van der Waals surface area contributed by atoms with Gasteiger partial charge in [0.15, 0.2) is 5.76 Å². The Kier molecular flexibility index (Phi) is 2.75. The molecule has 0 unspecified atom stereocenters. The molecule has 1 aromatic carbocycles. The van der Waals surface area contributed by atoms with Gasteiger partial charge in [0.25, 0.3) is 0 Å². The summed E-state index contributed by atoms with van der Waals surface area (Å²) in [6.45, 7) is 0.395. The minimum atomic E-state index is 0.395. The summed E-state index contributed by atoms with van der Waals surface area (Å²) in [6, 6.07) is 13.1. The topological polar surface area (TPSA) is 22.4 Å². The summed E-state index contributed by atoms with van der Waals surface area (Å²) >= 11 is 0. The molecule has 0 saturated heterocycles. The Balaban J connectivity index is 1.97. The highest BCUT2D eigenvalue weighted by Crippen LogP contribution is 2.13. The molecule has 2 heteroatoms. The van der Waals surface area contributed by atoms with Crippen molar-refractivity contribution in [2.45, 2.75) is 6.61 Å². The van der Waals surface area contributed by atoms with E-state index in [-0.39, 0.29) is 0 Å². The number of hydrogen-bond donors (Lipinski definition) is 0. The predicted molar refractivity (Wildman–Crippen MR) is 57.4 cm³/mol. The molecule has 0 atom stereocenters. The van der Waals surface area contributed by atoms with E-state index in [2.05, 4.69) is 5.92 Å². The van der Waals surface area contributed by atoms with Crippen LogP contribution in [0.1, 0.15) is 11.5 Å². The molecular weight excluding hydrogens is 188 g/mol. The minimum Gasteiger partial charge on any atom is -0.486 e. The zero-order valence-corrected chi connectivity index (χ0v) is 8.14. The third kappa shape index (κ3) is 2.41. The van der Waals surface area contributed by atoms with Gasteiger partial charge in [0.05, 0.1) is 0 Å². The quantitative estimate of drug-likeness (QED) is 0.707. The van der Waals surface area contributed by atoms with Crippen molar-refractivity contribution in [1.82, 2.24) is 0 Å². The highest BCUT2D eigenvalue weighted by atomic mass is 16.5. The van der Waals surface area contributed by atoms with Crippen molar-refractivity contribution in [2.75, 3.05) is 0 Å². The molecule has 0 saturated carbocycles. The van der Waals surface area contributed by atoms with Gasteiger partial charge in [0, 0.05) is 0 Å². The van der Waals surface area contributed by atoms with Crippen LogP contribution in [0.5, 0.6) is 5.75 Å². The van der Waals surface area contributed by atoms with E-state index < -0.39 is 0 Å². The molecular formula is C13H10O2. The molecule has 1 aromatic heterocycles. The lowest BCUT2D eigenvalue weighted by Crippen LogP contribution is -1.92. The summed E-state index contributed by atoms with van der Waals surface area (Å²) in [6.07, 6.45) is 5.19. The van der Waals surface area contributed by atoms with Gasteiger partial charge in [0.2, 0.25) is 0 Å². The Labute approximate surface area is 88.5 Å².